The third-order valence-electron chi connectivity index (χ3n) is 5.70. The third-order valence-corrected chi connectivity index (χ3v) is 5.70. The highest BCUT2D eigenvalue weighted by Gasteiger charge is 2.16. The maximum Gasteiger partial charge on any atom is 0.275 e. The molecule has 0 saturated heterocycles. The van der Waals surface area contributed by atoms with Crippen molar-refractivity contribution in [3.8, 4) is 11.3 Å². The second-order valence-corrected chi connectivity index (χ2v) is 7.75. The van der Waals surface area contributed by atoms with Crippen molar-refractivity contribution in [2.45, 2.75) is 13.1 Å². The Morgan fingerprint density at radius 3 is 2.75 bits per heavy atom. The average Bonchev–Trinajstić information content (AvgIpc) is 3.42. The van der Waals surface area contributed by atoms with Gasteiger partial charge in [0.25, 0.3) is 5.56 Å². The Morgan fingerprint density at radius 1 is 0.969 bits per heavy atom. The molecule has 4 heterocycles. The zero-order chi connectivity index (χ0) is 21.7. The largest absolute Gasteiger partial charge is 0.341 e. The van der Waals surface area contributed by atoms with Gasteiger partial charge in [-0.25, -0.2) is 4.98 Å². The summed E-state index contributed by atoms with van der Waals surface area (Å²) in [7, 11) is 0. The van der Waals surface area contributed by atoms with Gasteiger partial charge in [0, 0.05) is 34.6 Å². The van der Waals surface area contributed by atoms with Gasteiger partial charge in [0.1, 0.15) is 5.69 Å². The Balaban J connectivity index is 1.53. The van der Waals surface area contributed by atoms with E-state index in [2.05, 4.69) is 24.7 Å². The highest BCUT2D eigenvalue weighted by Crippen LogP contribution is 2.29. The Kier molecular flexibility index (Phi) is 4.12. The van der Waals surface area contributed by atoms with Crippen molar-refractivity contribution >= 4 is 32.8 Å². The van der Waals surface area contributed by atoms with Crippen LogP contribution in [0.1, 0.15) is 11.4 Å². The summed E-state index contributed by atoms with van der Waals surface area (Å²) in [5.41, 5.74) is 11.7. The van der Waals surface area contributed by atoms with Crippen molar-refractivity contribution in [1.82, 2.24) is 29.7 Å². The van der Waals surface area contributed by atoms with Crippen molar-refractivity contribution in [1.29, 1.82) is 0 Å². The normalized spacial score (nSPS) is 11.7. The summed E-state index contributed by atoms with van der Waals surface area (Å²) in [6, 6.07) is 17.6. The zero-order valence-corrected chi connectivity index (χ0v) is 17.0. The Morgan fingerprint density at radius 2 is 1.84 bits per heavy atom. The summed E-state index contributed by atoms with van der Waals surface area (Å²) in [5.74, 6) is 0. The molecule has 0 fully saturated rings. The third kappa shape index (κ3) is 2.97. The number of nitrogens with one attached hydrogen (secondary N) is 2. The Bertz CT molecular complexity index is 1680. The first-order valence-electron chi connectivity index (χ1n) is 10.3. The summed E-state index contributed by atoms with van der Waals surface area (Å²) >= 11 is 0. The van der Waals surface area contributed by atoms with Gasteiger partial charge >= 0.3 is 0 Å². The highest BCUT2D eigenvalue weighted by molar-refractivity contribution is 5.97. The van der Waals surface area contributed by atoms with Crippen molar-refractivity contribution in [3.63, 3.8) is 0 Å². The second kappa shape index (κ2) is 7.14. The Labute approximate surface area is 181 Å². The van der Waals surface area contributed by atoms with Gasteiger partial charge in [-0.15, -0.1) is 0 Å². The van der Waals surface area contributed by atoms with E-state index >= 15 is 0 Å². The van der Waals surface area contributed by atoms with Crippen LogP contribution in [-0.2, 0) is 13.1 Å². The molecule has 6 aromatic rings. The lowest BCUT2D eigenvalue weighted by Gasteiger charge is -2.06. The topological polar surface area (TPSA) is 118 Å². The van der Waals surface area contributed by atoms with Gasteiger partial charge in [-0.05, 0) is 30.3 Å². The lowest BCUT2D eigenvalue weighted by atomic mass is 10.1. The van der Waals surface area contributed by atoms with Crippen molar-refractivity contribution in [2.75, 3.05) is 0 Å². The number of pyridine rings is 1. The summed E-state index contributed by atoms with van der Waals surface area (Å²) in [5, 5.41) is 8.90. The highest BCUT2D eigenvalue weighted by atomic mass is 16.1. The maximum atomic E-state index is 13.0. The molecule has 8 nitrogen and oxygen atoms in total. The quantitative estimate of drug-likeness (QED) is 0.403. The van der Waals surface area contributed by atoms with E-state index in [4.69, 9.17) is 10.7 Å². The molecule has 4 aromatic heterocycles. The maximum absolute atomic E-state index is 13.0. The number of nitrogens with two attached hydrogens (primary N) is 1. The molecule has 4 N–H and O–H groups in total. The minimum atomic E-state index is -0.230. The first-order chi connectivity index (χ1) is 15.7. The lowest BCUT2D eigenvalue weighted by Crippen LogP contribution is -2.11. The molecule has 6 rings (SSSR count). The molecule has 0 unspecified atom stereocenters. The molecule has 0 bridgehead atoms. The fraction of sp³-hybridized carbons (Fsp3) is 0.0833. The van der Waals surface area contributed by atoms with E-state index in [1.54, 1.807) is 6.20 Å². The summed E-state index contributed by atoms with van der Waals surface area (Å²) in [6.07, 6.45) is 3.70. The summed E-state index contributed by atoms with van der Waals surface area (Å²) in [6.45, 7) is 0.958. The lowest BCUT2D eigenvalue weighted by molar-refractivity contribution is 0.794. The van der Waals surface area contributed by atoms with E-state index in [-0.39, 0.29) is 5.56 Å². The number of H-pyrrole nitrogens is 2. The molecule has 8 heteroatoms. The van der Waals surface area contributed by atoms with Gasteiger partial charge in [0.2, 0.25) is 0 Å². The number of nitrogens with zero attached hydrogens (tertiary/aromatic N) is 4. The SMILES string of the molecule is NCc1cccc(Cn2cc(-c3nc4cc5[nH]ncc5cc4[nH]c3=O)c3ccccc32)n1. The number of hydrogen-bond acceptors (Lipinski definition) is 5. The predicted octanol–water partition coefficient (Wildman–Crippen LogP) is 3.32. The van der Waals surface area contributed by atoms with Crippen LogP contribution in [0.4, 0.5) is 0 Å². The molecule has 0 atom stereocenters. The zero-order valence-electron chi connectivity index (χ0n) is 17.0. The van der Waals surface area contributed by atoms with Crippen LogP contribution in [-0.4, -0.2) is 29.7 Å². The number of benzene rings is 2. The molecular weight excluding hydrogens is 402 g/mol. The van der Waals surface area contributed by atoms with Crippen molar-refractivity contribution in [2.24, 2.45) is 5.73 Å². The number of aromatic amines is 2. The van der Waals surface area contributed by atoms with Crippen molar-refractivity contribution < 1.29 is 0 Å². The fourth-order valence-corrected chi connectivity index (χ4v) is 4.18. The molecule has 2 aromatic carbocycles. The minimum absolute atomic E-state index is 0.230. The molecule has 0 amide bonds. The van der Waals surface area contributed by atoms with Crippen LogP contribution in [0.3, 0.4) is 0 Å². The number of fused-ring (bicyclic) bond motifs is 3. The average molecular weight is 421 g/mol. The molecule has 156 valence electrons. The van der Waals surface area contributed by atoms with Crippen LogP contribution in [0.25, 0.3) is 44.1 Å². The fourth-order valence-electron chi connectivity index (χ4n) is 4.18. The van der Waals surface area contributed by atoms with E-state index in [9.17, 15) is 4.79 Å². The first kappa shape index (κ1) is 18.5. The Hall–Kier alpha value is -4.30. The molecule has 0 aliphatic rings. The molecule has 0 spiro atoms. The van der Waals surface area contributed by atoms with E-state index in [0.717, 1.165) is 38.8 Å². The van der Waals surface area contributed by atoms with Crippen LogP contribution in [0, 0.1) is 0 Å². The smallest absolute Gasteiger partial charge is 0.275 e. The summed E-state index contributed by atoms with van der Waals surface area (Å²) < 4.78 is 2.09. The summed E-state index contributed by atoms with van der Waals surface area (Å²) in [4.78, 5) is 25.4. The monoisotopic (exact) mass is 421 g/mol. The van der Waals surface area contributed by atoms with Gasteiger partial charge in [0.05, 0.1) is 40.7 Å². The van der Waals surface area contributed by atoms with Gasteiger partial charge in [-0.1, -0.05) is 24.3 Å². The minimum Gasteiger partial charge on any atom is -0.341 e. The van der Waals surface area contributed by atoms with Gasteiger partial charge in [0.15, 0.2) is 0 Å². The second-order valence-electron chi connectivity index (χ2n) is 7.75. The molecule has 0 aliphatic heterocycles. The van der Waals surface area contributed by atoms with Crippen LogP contribution >= 0.6 is 0 Å². The number of hydrogen-bond donors (Lipinski definition) is 3. The van der Waals surface area contributed by atoms with Crippen LogP contribution in [0.2, 0.25) is 0 Å². The van der Waals surface area contributed by atoms with Gasteiger partial charge in [-0.2, -0.15) is 5.10 Å². The van der Waals surface area contributed by atoms with E-state index in [1.165, 1.54) is 0 Å². The van der Waals surface area contributed by atoms with E-state index in [0.29, 0.717) is 29.8 Å². The van der Waals surface area contributed by atoms with E-state index in [1.807, 2.05) is 60.8 Å². The number of para-hydroxylation sites is 1. The van der Waals surface area contributed by atoms with Gasteiger partial charge < -0.3 is 15.3 Å². The standard InChI is InChI=1S/C24H19N7O/c25-10-15-4-3-5-16(27-15)12-31-13-18(17-6-1-2-7-22(17)31)23-24(32)29-20-8-14-11-26-30-19(14)9-21(20)28-23/h1-9,11,13H,10,12,25H2,(H,26,30)(H,29,32). The predicted molar refractivity (Wildman–Crippen MR) is 124 cm³/mol. The van der Waals surface area contributed by atoms with E-state index < -0.39 is 0 Å². The van der Waals surface area contributed by atoms with Crippen LogP contribution in [0.5, 0.6) is 0 Å². The number of rotatable bonds is 4. The molecular formula is C24H19N7O. The van der Waals surface area contributed by atoms with Crippen LogP contribution < -0.4 is 11.3 Å². The molecule has 0 radical (unpaired) electrons. The van der Waals surface area contributed by atoms with Crippen molar-refractivity contribution in [3.05, 3.63) is 88.7 Å². The van der Waals surface area contributed by atoms with Crippen LogP contribution in [0.15, 0.2) is 71.8 Å². The van der Waals surface area contributed by atoms with Gasteiger partial charge in [-0.3, -0.25) is 14.9 Å². The molecule has 32 heavy (non-hydrogen) atoms. The molecule has 0 saturated carbocycles. The first-order valence-corrected chi connectivity index (χ1v) is 10.3. The number of aromatic nitrogens is 6. The molecule has 0 aliphatic carbocycles.